The number of aryl methyl sites for hydroxylation is 1. The van der Waals surface area contributed by atoms with Gasteiger partial charge in [0.2, 0.25) is 11.8 Å². The van der Waals surface area contributed by atoms with Crippen molar-refractivity contribution < 1.29 is 14.3 Å². The van der Waals surface area contributed by atoms with Crippen LogP contribution in [0.4, 0.5) is 0 Å². The van der Waals surface area contributed by atoms with Crippen molar-refractivity contribution in [2.75, 3.05) is 7.11 Å². The number of carbonyl (C=O) groups is 2. The number of nitrogens with one attached hydrogen (secondary N) is 1. The van der Waals surface area contributed by atoms with E-state index in [0.29, 0.717) is 19.4 Å². The van der Waals surface area contributed by atoms with Crippen LogP contribution in [0.1, 0.15) is 45.2 Å². The fourth-order valence-electron chi connectivity index (χ4n) is 3.92. The fraction of sp³-hybridized carbons (Fsp3) is 0.357. The second kappa shape index (κ2) is 10.5. The van der Waals surface area contributed by atoms with E-state index in [4.69, 9.17) is 4.74 Å². The third-order valence-corrected chi connectivity index (χ3v) is 5.64. The van der Waals surface area contributed by atoms with E-state index < -0.39 is 6.04 Å². The molecule has 5 nitrogen and oxygen atoms in total. The van der Waals surface area contributed by atoms with Gasteiger partial charge in [-0.2, -0.15) is 0 Å². The van der Waals surface area contributed by atoms with Gasteiger partial charge in [-0.3, -0.25) is 9.59 Å². The lowest BCUT2D eigenvalue weighted by atomic mass is 10.0. The number of ether oxygens (including phenoxy) is 1. The van der Waals surface area contributed by atoms with Gasteiger partial charge in [0.25, 0.3) is 0 Å². The molecule has 0 saturated heterocycles. The first kappa shape index (κ1) is 24.3. The summed E-state index contributed by atoms with van der Waals surface area (Å²) in [7, 11) is 1.62. The molecule has 0 fully saturated rings. The Hall–Kier alpha value is -3.34. The van der Waals surface area contributed by atoms with Crippen LogP contribution in [0.5, 0.6) is 5.75 Å². The highest BCUT2D eigenvalue weighted by Crippen LogP contribution is 2.21. The molecule has 0 aromatic heterocycles. The number of rotatable bonds is 8. The third-order valence-electron chi connectivity index (χ3n) is 5.64. The first-order valence-electron chi connectivity index (χ1n) is 11.4. The minimum atomic E-state index is -0.601. The largest absolute Gasteiger partial charge is 0.497 e. The number of hydrogen-bond donors (Lipinski definition) is 1. The third kappa shape index (κ3) is 6.58. The molecule has 3 aromatic rings. The molecule has 3 aromatic carbocycles. The highest BCUT2D eigenvalue weighted by Gasteiger charge is 2.28. The fourth-order valence-corrected chi connectivity index (χ4v) is 3.92. The number of hydrogen-bond acceptors (Lipinski definition) is 3. The Labute approximate surface area is 196 Å². The first-order chi connectivity index (χ1) is 15.7. The summed E-state index contributed by atoms with van der Waals surface area (Å²) in [6.07, 6.45) is 0.938. The molecule has 33 heavy (non-hydrogen) atoms. The average molecular weight is 447 g/mol. The molecule has 3 rings (SSSR count). The Morgan fingerprint density at radius 2 is 1.70 bits per heavy atom. The molecule has 0 bridgehead atoms. The van der Waals surface area contributed by atoms with Crippen molar-refractivity contribution >= 4 is 22.6 Å². The van der Waals surface area contributed by atoms with Crippen molar-refractivity contribution in [2.45, 2.75) is 58.7 Å². The quantitative estimate of drug-likeness (QED) is 0.523. The van der Waals surface area contributed by atoms with Gasteiger partial charge >= 0.3 is 0 Å². The van der Waals surface area contributed by atoms with E-state index in [-0.39, 0.29) is 17.4 Å². The zero-order valence-corrected chi connectivity index (χ0v) is 20.2. The molecule has 5 heteroatoms. The van der Waals surface area contributed by atoms with Crippen LogP contribution < -0.4 is 10.1 Å². The number of amides is 2. The Morgan fingerprint density at radius 1 is 1.00 bits per heavy atom. The zero-order valence-electron chi connectivity index (χ0n) is 20.2. The number of fused-ring (bicyclic) bond motifs is 1. The Bertz CT molecular complexity index is 1110. The van der Waals surface area contributed by atoms with Crippen LogP contribution in [0.25, 0.3) is 10.8 Å². The standard InChI is InChI=1S/C28H34N2O3/c1-20(27(32)29-28(2,3)4)30(19-21-10-8-14-24(18-21)33-5)26(31)17-16-23-13-9-12-22-11-6-7-15-25(22)23/h6-15,18,20H,16-17,19H2,1-5H3,(H,29,32)/t20-/m1/s1. The molecule has 2 amide bonds. The van der Waals surface area contributed by atoms with Crippen LogP contribution in [0, 0.1) is 0 Å². The Kier molecular flexibility index (Phi) is 7.75. The van der Waals surface area contributed by atoms with Crippen LogP contribution in [0.2, 0.25) is 0 Å². The highest BCUT2D eigenvalue weighted by atomic mass is 16.5. The molecular formula is C28H34N2O3. The number of methoxy groups -OCH3 is 1. The molecule has 1 atom stereocenters. The predicted molar refractivity (Wildman–Crippen MR) is 133 cm³/mol. The van der Waals surface area contributed by atoms with Gasteiger partial charge in [0.15, 0.2) is 0 Å². The summed E-state index contributed by atoms with van der Waals surface area (Å²) in [6.45, 7) is 7.94. The predicted octanol–water partition coefficient (Wildman–Crippen LogP) is 5.11. The molecule has 1 N–H and O–H groups in total. The summed E-state index contributed by atoms with van der Waals surface area (Å²) in [6, 6.07) is 21.4. The Morgan fingerprint density at radius 3 is 2.42 bits per heavy atom. The van der Waals surface area contributed by atoms with Crippen molar-refractivity contribution in [2.24, 2.45) is 0 Å². The van der Waals surface area contributed by atoms with Gasteiger partial charge in [0.1, 0.15) is 11.8 Å². The lowest BCUT2D eigenvalue weighted by Gasteiger charge is -2.31. The summed E-state index contributed by atoms with van der Waals surface area (Å²) in [5.74, 6) is 0.508. The van der Waals surface area contributed by atoms with Gasteiger partial charge in [-0.05, 0) is 68.1 Å². The molecule has 174 valence electrons. The second-order valence-electron chi connectivity index (χ2n) is 9.43. The van der Waals surface area contributed by atoms with Gasteiger partial charge < -0.3 is 15.0 Å². The number of carbonyl (C=O) groups excluding carboxylic acids is 2. The van der Waals surface area contributed by atoms with E-state index in [1.807, 2.05) is 63.2 Å². The van der Waals surface area contributed by atoms with E-state index in [9.17, 15) is 9.59 Å². The molecule has 0 saturated carbocycles. The average Bonchev–Trinajstić information content (AvgIpc) is 2.79. The van der Waals surface area contributed by atoms with Crippen LogP contribution in [-0.4, -0.2) is 35.4 Å². The smallest absolute Gasteiger partial charge is 0.242 e. The molecule has 0 spiro atoms. The molecule has 0 aliphatic rings. The van der Waals surface area contributed by atoms with Crippen LogP contribution in [0.15, 0.2) is 66.7 Å². The normalized spacial score (nSPS) is 12.3. The van der Waals surface area contributed by atoms with Gasteiger partial charge in [-0.25, -0.2) is 0 Å². The molecule has 0 aliphatic carbocycles. The maximum atomic E-state index is 13.4. The van der Waals surface area contributed by atoms with Crippen LogP contribution in [-0.2, 0) is 22.6 Å². The van der Waals surface area contributed by atoms with E-state index in [1.165, 1.54) is 0 Å². The minimum absolute atomic E-state index is 0.0534. The lowest BCUT2D eigenvalue weighted by Crippen LogP contribution is -2.52. The first-order valence-corrected chi connectivity index (χ1v) is 11.4. The van der Waals surface area contributed by atoms with Crippen LogP contribution >= 0.6 is 0 Å². The number of nitrogens with zero attached hydrogens (tertiary/aromatic N) is 1. The molecule has 0 heterocycles. The SMILES string of the molecule is COc1cccc(CN(C(=O)CCc2cccc3ccccc23)[C@H](C)C(=O)NC(C)(C)C)c1. The maximum Gasteiger partial charge on any atom is 0.242 e. The van der Waals surface area contributed by atoms with Crippen molar-refractivity contribution in [3.63, 3.8) is 0 Å². The monoisotopic (exact) mass is 446 g/mol. The molecule has 0 unspecified atom stereocenters. The molecule has 0 radical (unpaired) electrons. The summed E-state index contributed by atoms with van der Waals surface area (Å²) in [5, 5.41) is 5.32. The maximum absolute atomic E-state index is 13.4. The molecular weight excluding hydrogens is 412 g/mol. The van der Waals surface area contributed by atoms with E-state index in [1.54, 1.807) is 18.9 Å². The summed E-state index contributed by atoms with van der Waals surface area (Å²) in [5.41, 5.74) is 1.68. The van der Waals surface area contributed by atoms with Crippen molar-refractivity contribution in [1.29, 1.82) is 0 Å². The minimum Gasteiger partial charge on any atom is -0.497 e. The van der Waals surface area contributed by atoms with E-state index in [0.717, 1.165) is 27.6 Å². The van der Waals surface area contributed by atoms with Gasteiger partial charge in [0, 0.05) is 18.5 Å². The highest BCUT2D eigenvalue weighted by molar-refractivity contribution is 5.89. The van der Waals surface area contributed by atoms with E-state index in [2.05, 4.69) is 29.6 Å². The summed E-state index contributed by atoms with van der Waals surface area (Å²) < 4.78 is 5.33. The number of benzene rings is 3. The zero-order chi connectivity index (χ0) is 24.0. The Balaban J connectivity index is 1.82. The van der Waals surface area contributed by atoms with Gasteiger partial charge in [-0.15, -0.1) is 0 Å². The van der Waals surface area contributed by atoms with Crippen molar-refractivity contribution in [3.8, 4) is 5.75 Å². The topological polar surface area (TPSA) is 58.6 Å². The van der Waals surface area contributed by atoms with E-state index >= 15 is 0 Å². The van der Waals surface area contributed by atoms with Crippen molar-refractivity contribution in [3.05, 3.63) is 77.9 Å². The van der Waals surface area contributed by atoms with Crippen molar-refractivity contribution in [1.82, 2.24) is 10.2 Å². The lowest BCUT2D eigenvalue weighted by molar-refractivity contribution is -0.141. The van der Waals surface area contributed by atoms with Crippen LogP contribution in [0.3, 0.4) is 0 Å². The molecule has 0 aliphatic heterocycles. The van der Waals surface area contributed by atoms with Gasteiger partial charge in [0.05, 0.1) is 7.11 Å². The second-order valence-corrected chi connectivity index (χ2v) is 9.43. The summed E-state index contributed by atoms with van der Waals surface area (Å²) in [4.78, 5) is 28.0. The van der Waals surface area contributed by atoms with Gasteiger partial charge in [-0.1, -0.05) is 54.6 Å². The summed E-state index contributed by atoms with van der Waals surface area (Å²) >= 11 is 0.